The second-order valence-electron chi connectivity index (χ2n) is 5.32. The van der Waals surface area contributed by atoms with Crippen LogP contribution >= 0.6 is 0 Å². The second kappa shape index (κ2) is 5.21. The average molecular weight is 302 g/mol. The predicted molar refractivity (Wildman–Crippen MR) is 88.1 cm³/mol. The zero-order chi connectivity index (χ0) is 15.8. The topological polar surface area (TPSA) is 63.3 Å². The monoisotopic (exact) mass is 302 g/mol. The fraction of sp³-hybridized carbons (Fsp3) is 0.0556. The fourth-order valence-corrected chi connectivity index (χ4v) is 2.81. The van der Waals surface area contributed by atoms with Gasteiger partial charge in [-0.2, -0.15) is 4.52 Å². The summed E-state index contributed by atoms with van der Waals surface area (Å²) in [5.74, 6) is 0.207. The number of rotatable bonds is 2. The minimum atomic E-state index is 0.207. The number of nitrogens with zero attached hydrogens (tertiary/aromatic N) is 4. The van der Waals surface area contributed by atoms with Gasteiger partial charge in [-0.25, -0.2) is 4.98 Å². The minimum absolute atomic E-state index is 0.207. The Labute approximate surface area is 132 Å². The SMILES string of the molecule is Cc1c(-c2ccccc2O)nc2cnnn2c1-c1ccccc1. The zero-order valence-corrected chi connectivity index (χ0v) is 12.5. The number of benzene rings is 2. The van der Waals surface area contributed by atoms with Gasteiger partial charge >= 0.3 is 0 Å². The van der Waals surface area contributed by atoms with Crippen molar-refractivity contribution in [3.63, 3.8) is 0 Å². The molecular formula is C18H14N4O. The summed E-state index contributed by atoms with van der Waals surface area (Å²) in [7, 11) is 0. The molecule has 0 spiro atoms. The summed E-state index contributed by atoms with van der Waals surface area (Å²) >= 11 is 0. The Morgan fingerprint density at radius 1 is 0.957 bits per heavy atom. The normalized spacial score (nSPS) is 11.0. The van der Waals surface area contributed by atoms with Crippen molar-refractivity contribution in [2.45, 2.75) is 6.92 Å². The molecule has 2 aromatic heterocycles. The summed E-state index contributed by atoms with van der Waals surface area (Å²) in [6.45, 7) is 1.98. The standard InChI is InChI=1S/C18H14N4O/c1-12-17(14-9-5-6-10-15(14)23)20-16-11-19-21-22(16)18(12)13-7-3-2-4-8-13/h2-11,23H,1H3. The van der Waals surface area contributed by atoms with Crippen molar-refractivity contribution in [3.05, 3.63) is 66.4 Å². The van der Waals surface area contributed by atoms with Crippen molar-refractivity contribution in [2.24, 2.45) is 0 Å². The van der Waals surface area contributed by atoms with Crippen molar-refractivity contribution in [2.75, 3.05) is 0 Å². The number of para-hydroxylation sites is 1. The minimum Gasteiger partial charge on any atom is -0.507 e. The van der Waals surface area contributed by atoms with Crippen LogP contribution in [0.5, 0.6) is 5.75 Å². The van der Waals surface area contributed by atoms with E-state index in [2.05, 4.69) is 15.3 Å². The summed E-state index contributed by atoms with van der Waals surface area (Å²) in [6, 6.07) is 17.2. The highest BCUT2D eigenvalue weighted by molar-refractivity contribution is 5.78. The quantitative estimate of drug-likeness (QED) is 0.616. The molecule has 2 heterocycles. The van der Waals surface area contributed by atoms with Crippen molar-refractivity contribution in [1.29, 1.82) is 0 Å². The van der Waals surface area contributed by atoms with Crippen LogP contribution in [0.3, 0.4) is 0 Å². The zero-order valence-electron chi connectivity index (χ0n) is 12.5. The maximum atomic E-state index is 10.2. The lowest BCUT2D eigenvalue weighted by molar-refractivity contribution is 0.477. The van der Waals surface area contributed by atoms with Crippen LogP contribution in [-0.2, 0) is 0 Å². The molecule has 2 aromatic carbocycles. The van der Waals surface area contributed by atoms with E-state index in [0.717, 1.165) is 22.5 Å². The van der Waals surface area contributed by atoms with Crippen LogP contribution in [0.1, 0.15) is 5.56 Å². The fourth-order valence-electron chi connectivity index (χ4n) is 2.81. The molecule has 0 fully saturated rings. The van der Waals surface area contributed by atoms with Crippen molar-refractivity contribution < 1.29 is 5.11 Å². The molecule has 0 aliphatic rings. The third kappa shape index (κ3) is 2.14. The molecule has 0 unspecified atom stereocenters. The Kier molecular flexibility index (Phi) is 3.05. The molecule has 5 nitrogen and oxygen atoms in total. The van der Waals surface area contributed by atoms with Crippen LogP contribution in [0.4, 0.5) is 0 Å². The lowest BCUT2D eigenvalue weighted by atomic mass is 10.0. The average Bonchev–Trinajstić information content (AvgIpc) is 3.04. The highest BCUT2D eigenvalue weighted by Gasteiger charge is 2.17. The van der Waals surface area contributed by atoms with E-state index in [-0.39, 0.29) is 5.75 Å². The van der Waals surface area contributed by atoms with Crippen LogP contribution in [-0.4, -0.2) is 24.9 Å². The Morgan fingerprint density at radius 2 is 1.70 bits per heavy atom. The lowest BCUT2D eigenvalue weighted by Crippen LogP contribution is -2.02. The van der Waals surface area contributed by atoms with E-state index >= 15 is 0 Å². The third-order valence-electron chi connectivity index (χ3n) is 3.89. The number of hydrogen-bond donors (Lipinski definition) is 1. The van der Waals surface area contributed by atoms with E-state index in [1.165, 1.54) is 0 Å². The van der Waals surface area contributed by atoms with Crippen LogP contribution in [0.15, 0.2) is 60.8 Å². The molecule has 0 saturated carbocycles. The summed E-state index contributed by atoms with van der Waals surface area (Å²) < 4.78 is 1.73. The molecule has 1 N–H and O–H groups in total. The van der Waals surface area contributed by atoms with Gasteiger partial charge in [-0.05, 0) is 19.1 Å². The first-order chi connectivity index (χ1) is 11.3. The first-order valence-electron chi connectivity index (χ1n) is 7.30. The molecule has 0 radical (unpaired) electrons. The Bertz CT molecular complexity index is 993. The molecule has 23 heavy (non-hydrogen) atoms. The molecule has 0 aliphatic carbocycles. The first-order valence-corrected chi connectivity index (χ1v) is 7.30. The molecule has 0 bridgehead atoms. The number of aromatic nitrogens is 4. The predicted octanol–water partition coefficient (Wildman–Crippen LogP) is 3.47. The lowest BCUT2D eigenvalue weighted by Gasteiger charge is -2.13. The largest absolute Gasteiger partial charge is 0.507 e. The van der Waals surface area contributed by atoms with E-state index < -0.39 is 0 Å². The van der Waals surface area contributed by atoms with Crippen LogP contribution in [0.2, 0.25) is 0 Å². The van der Waals surface area contributed by atoms with E-state index in [0.29, 0.717) is 11.2 Å². The van der Waals surface area contributed by atoms with Gasteiger partial charge in [-0.15, -0.1) is 5.10 Å². The van der Waals surface area contributed by atoms with Gasteiger partial charge in [0.2, 0.25) is 0 Å². The van der Waals surface area contributed by atoms with E-state index in [1.807, 2.05) is 49.4 Å². The summed E-state index contributed by atoms with van der Waals surface area (Å²) in [6.07, 6.45) is 1.62. The Morgan fingerprint density at radius 3 is 2.48 bits per heavy atom. The van der Waals surface area contributed by atoms with E-state index in [1.54, 1.807) is 22.8 Å². The van der Waals surface area contributed by atoms with Gasteiger partial charge in [0.15, 0.2) is 5.65 Å². The highest BCUT2D eigenvalue weighted by atomic mass is 16.3. The molecule has 112 valence electrons. The number of phenols is 1. The number of fused-ring (bicyclic) bond motifs is 1. The molecule has 0 aliphatic heterocycles. The van der Waals surface area contributed by atoms with Crippen molar-refractivity contribution >= 4 is 5.65 Å². The van der Waals surface area contributed by atoms with Gasteiger partial charge in [0, 0.05) is 16.7 Å². The van der Waals surface area contributed by atoms with E-state index in [4.69, 9.17) is 0 Å². The summed E-state index contributed by atoms with van der Waals surface area (Å²) in [4.78, 5) is 4.63. The second-order valence-corrected chi connectivity index (χ2v) is 5.32. The number of phenolic OH excluding ortho intramolecular Hbond substituents is 1. The van der Waals surface area contributed by atoms with Gasteiger partial charge < -0.3 is 5.11 Å². The molecular weight excluding hydrogens is 288 g/mol. The third-order valence-corrected chi connectivity index (χ3v) is 3.89. The maximum absolute atomic E-state index is 10.2. The highest BCUT2D eigenvalue weighted by Crippen LogP contribution is 2.34. The molecule has 0 atom stereocenters. The van der Waals surface area contributed by atoms with Crippen LogP contribution < -0.4 is 0 Å². The molecule has 4 aromatic rings. The van der Waals surface area contributed by atoms with Crippen LogP contribution in [0.25, 0.3) is 28.2 Å². The van der Waals surface area contributed by atoms with Crippen molar-refractivity contribution in [3.8, 4) is 28.3 Å². The molecule has 0 amide bonds. The molecule has 5 heteroatoms. The number of hydrogen-bond acceptors (Lipinski definition) is 4. The molecule has 0 saturated heterocycles. The van der Waals surface area contributed by atoms with Gasteiger partial charge in [0.05, 0.1) is 17.6 Å². The van der Waals surface area contributed by atoms with Gasteiger partial charge in [0.25, 0.3) is 0 Å². The Hall–Kier alpha value is -3.21. The smallest absolute Gasteiger partial charge is 0.176 e. The van der Waals surface area contributed by atoms with Crippen LogP contribution in [0, 0.1) is 6.92 Å². The first kappa shape index (κ1) is 13.5. The number of aromatic hydroxyl groups is 1. The summed E-state index contributed by atoms with van der Waals surface area (Å²) in [5.41, 5.74) is 4.97. The van der Waals surface area contributed by atoms with Gasteiger partial charge in [-0.3, -0.25) is 0 Å². The van der Waals surface area contributed by atoms with Gasteiger partial charge in [0.1, 0.15) is 5.75 Å². The van der Waals surface area contributed by atoms with Gasteiger partial charge in [-0.1, -0.05) is 47.7 Å². The summed E-state index contributed by atoms with van der Waals surface area (Å²) in [5, 5.41) is 18.3. The maximum Gasteiger partial charge on any atom is 0.176 e. The van der Waals surface area contributed by atoms with Crippen molar-refractivity contribution in [1.82, 2.24) is 19.8 Å². The van der Waals surface area contributed by atoms with E-state index in [9.17, 15) is 5.11 Å². The molecule has 4 rings (SSSR count). The Balaban J connectivity index is 2.09.